The zero-order chi connectivity index (χ0) is 26.6. The van der Waals surface area contributed by atoms with Gasteiger partial charge >= 0.3 is 0 Å². The van der Waals surface area contributed by atoms with E-state index < -0.39 is 0 Å². The molecule has 38 heavy (non-hydrogen) atoms. The van der Waals surface area contributed by atoms with E-state index in [2.05, 4.69) is 76.4 Å². The first-order valence-corrected chi connectivity index (χ1v) is 13.6. The molecule has 3 aliphatic rings. The second-order valence-electron chi connectivity index (χ2n) is 10.5. The quantitative estimate of drug-likeness (QED) is 0.558. The summed E-state index contributed by atoms with van der Waals surface area (Å²) in [6.45, 7) is 13.3. The van der Waals surface area contributed by atoms with Crippen molar-refractivity contribution in [1.29, 1.82) is 0 Å². The van der Waals surface area contributed by atoms with Gasteiger partial charge in [-0.05, 0) is 60.7 Å². The van der Waals surface area contributed by atoms with Crippen molar-refractivity contribution < 1.29 is 9.13 Å². The Morgan fingerprint density at radius 1 is 1.11 bits per heavy atom. The Bertz CT molecular complexity index is 1270. The van der Waals surface area contributed by atoms with Crippen LogP contribution in [0, 0.1) is 12.7 Å². The van der Waals surface area contributed by atoms with E-state index in [9.17, 15) is 4.39 Å². The topological polar surface area (TPSA) is 39.8 Å². The monoisotopic (exact) mass is 514 g/mol. The highest BCUT2D eigenvalue weighted by Gasteiger charge is 2.29. The lowest BCUT2D eigenvalue weighted by molar-refractivity contribution is 0.245. The van der Waals surface area contributed by atoms with Crippen molar-refractivity contribution in [2.45, 2.75) is 38.9 Å². The van der Waals surface area contributed by atoms with E-state index in [1.165, 1.54) is 22.4 Å². The minimum atomic E-state index is -0.106. The molecule has 5 nitrogen and oxygen atoms in total. The summed E-state index contributed by atoms with van der Waals surface area (Å²) in [6, 6.07) is 12.6. The molecule has 0 spiro atoms. The minimum Gasteiger partial charge on any atom is -0.496 e. The van der Waals surface area contributed by atoms with E-state index in [-0.39, 0.29) is 11.9 Å². The molecule has 2 unspecified atom stereocenters. The largest absolute Gasteiger partial charge is 0.496 e. The number of piperazine rings is 1. The number of ether oxygens (including phenoxy) is 1. The van der Waals surface area contributed by atoms with Crippen LogP contribution in [0.2, 0.25) is 0 Å². The molecule has 2 N–H and O–H groups in total. The average Bonchev–Trinajstić information content (AvgIpc) is 3.01. The number of rotatable bonds is 5. The number of benzene rings is 2. The SMILES string of the molecule is C=C1/C=C\C=C/CNC2=C1CC(C)NC2c1ccc(OC)c(CN2CCN(c3cccc(C)c3F)CC2)c1. The summed E-state index contributed by atoms with van der Waals surface area (Å²) in [5.41, 5.74) is 7.35. The van der Waals surface area contributed by atoms with E-state index in [1.54, 1.807) is 7.11 Å². The van der Waals surface area contributed by atoms with E-state index in [0.717, 1.165) is 57.0 Å². The van der Waals surface area contributed by atoms with Crippen LogP contribution in [0.3, 0.4) is 0 Å². The fourth-order valence-corrected chi connectivity index (χ4v) is 5.75. The summed E-state index contributed by atoms with van der Waals surface area (Å²) in [5.74, 6) is 0.794. The Morgan fingerprint density at radius 2 is 1.92 bits per heavy atom. The zero-order valence-corrected chi connectivity index (χ0v) is 22.8. The molecule has 2 aromatic carbocycles. The van der Waals surface area contributed by atoms with Crippen molar-refractivity contribution in [3.05, 3.63) is 107 Å². The van der Waals surface area contributed by atoms with E-state index in [1.807, 2.05) is 25.1 Å². The number of methoxy groups -OCH3 is 1. The zero-order valence-electron chi connectivity index (χ0n) is 22.8. The molecule has 1 saturated heterocycles. The van der Waals surface area contributed by atoms with Crippen LogP contribution in [0.5, 0.6) is 5.75 Å². The van der Waals surface area contributed by atoms with Gasteiger partial charge in [-0.1, -0.05) is 49.1 Å². The average molecular weight is 515 g/mol. The van der Waals surface area contributed by atoms with Gasteiger partial charge in [-0.2, -0.15) is 0 Å². The number of hydrogen-bond donors (Lipinski definition) is 2. The highest BCUT2D eigenvalue weighted by Crippen LogP contribution is 2.36. The summed E-state index contributed by atoms with van der Waals surface area (Å²) in [7, 11) is 1.74. The van der Waals surface area contributed by atoms with Crippen molar-refractivity contribution >= 4 is 5.69 Å². The number of aryl methyl sites for hydroxylation is 1. The van der Waals surface area contributed by atoms with Crippen LogP contribution in [0.1, 0.15) is 36.1 Å². The van der Waals surface area contributed by atoms with Crippen molar-refractivity contribution in [3.8, 4) is 5.75 Å². The Labute approximate surface area is 226 Å². The summed E-state index contributed by atoms with van der Waals surface area (Å²) < 4.78 is 20.5. The number of allylic oxidation sites excluding steroid dienone is 4. The van der Waals surface area contributed by atoms with Gasteiger partial charge in [-0.25, -0.2) is 4.39 Å². The first-order chi connectivity index (χ1) is 18.4. The molecule has 200 valence electrons. The first kappa shape index (κ1) is 26.3. The first-order valence-electron chi connectivity index (χ1n) is 13.6. The maximum absolute atomic E-state index is 14.7. The molecule has 6 heteroatoms. The molecular weight excluding hydrogens is 475 g/mol. The van der Waals surface area contributed by atoms with E-state index in [4.69, 9.17) is 4.74 Å². The standard InChI is InChI=1S/C32H39FN4O/c1-22-9-6-5-7-14-34-32-27(22)19-24(3)35-31(32)25-12-13-29(38-4)26(20-25)21-36-15-17-37(18-16-36)28-11-8-10-23(2)30(28)33/h5-13,20,24,31,34-35H,1,14-19,21H2,2-4H3/b7-5-,9-6-. The lowest BCUT2D eigenvalue weighted by Gasteiger charge is -2.37. The Morgan fingerprint density at radius 3 is 2.71 bits per heavy atom. The Kier molecular flexibility index (Phi) is 8.01. The third-order valence-electron chi connectivity index (χ3n) is 7.83. The maximum Gasteiger partial charge on any atom is 0.149 e. The van der Waals surface area contributed by atoms with Crippen molar-refractivity contribution in [1.82, 2.24) is 15.5 Å². The van der Waals surface area contributed by atoms with Gasteiger partial charge in [0.15, 0.2) is 0 Å². The highest BCUT2D eigenvalue weighted by atomic mass is 19.1. The molecule has 0 aliphatic carbocycles. The highest BCUT2D eigenvalue weighted by molar-refractivity contribution is 5.51. The van der Waals surface area contributed by atoms with Gasteiger partial charge in [-0.15, -0.1) is 0 Å². The molecule has 0 aromatic heterocycles. The fraction of sp³-hybridized carbons (Fsp3) is 0.375. The van der Waals surface area contributed by atoms with E-state index >= 15 is 0 Å². The maximum atomic E-state index is 14.7. The smallest absolute Gasteiger partial charge is 0.149 e. The number of hydrogen-bond acceptors (Lipinski definition) is 5. The van der Waals surface area contributed by atoms with Crippen molar-refractivity contribution in [2.75, 3.05) is 44.7 Å². The molecular formula is C32H39FN4O. The fourth-order valence-electron chi connectivity index (χ4n) is 5.75. The summed E-state index contributed by atoms with van der Waals surface area (Å²) >= 11 is 0. The molecule has 5 rings (SSSR count). The Balaban J connectivity index is 1.36. The number of nitrogens with zero attached hydrogens (tertiary/aromatic N) is 2. The molecule has 2 aromatic rings. The molecule has 3 aliphatic heterocycles. The third kappa shape index (κ3) is 5.57. The van der Waals surface area contributed by atoms with Crippen LogP contribution in [0.4, 0.5) is 10.1 Å². The second-order valence-corrected chi connectivity index (χ2v) is 10.5. The molecule has 0 radical (unpaired) electrons. The lowest BCUT2D eigenvalue weighted by atomic mass is 9.87. The van der Waals surface area contributed by atoms with Crippen LogP contribution in [0.15, 0.2) is 84.1 Å². The van der Waals surface area contributed by atoms with Gasteiger partial charge in [0, 0.05) is 56.6 Å². The normalized spacial score (nSPS) is 24.1. The molecule has 0 amide bonds. The third-order valence-corrected chi connectivity index (χ3v) is 7.83. The predicted molar refractivity (Wildman–Crippen MR) is 154 cm³/mol. The minimum absolute atomic E-state index is 0.0520. The van der Waals surface area contributed by atoms with Crippen LogP contribution in [0.25, 0.3) is 0 Å². The second kappa shape index (κ2) is 11.6. The van der Waals surface area contributed by atoms with Crippen LogP contribution >= 0.6 is 0 Å². The Hall–Kier alpha value is -3.35. The number of halogens is 1. The number of anilines is 1. The van der Waals surface area contributed by atoms with Gasteiger partial charge in [0.25, 0.3) is 0 Å². The van der Waals surface area contributed by atoms with Gasteiger partial charge in [0.2, 0.25) is 0 Å². The van der Waals surface area contributed by atoms with Crippen LogP contribution in [-0.4, -0.2) is 50.8 Å². The van der Waals surface area contributed by atoms with Gasteiger partial charge in [0.1, 0.15) is 11.6 Å². The summed E-state index contributed by atoms with van der Waals surface area (Å²) in [5, 5.41) is 7.49. The van der Waals surface area contributed by atoms with Gasteiger partial charge in [-0.3, -0.25) is 4.90 Å². The van der Waals surface area contributed by atoms with Crippen molar-refractivity contribution in [3.63, 3.8) is 0 Å². The van der Waals surface area contributed by atoms with Gasteiger partial charge < -0.3 is 20.3 Å². The molecule has 1 fully saturated rings. The van der Waals surface area contributed by atoms with Gasteiger partial charge in [0.05, 0.1) is 18.8 Å². The molecule has 2 atom stereocenters. The number of nitrogens with one attached hydrogen (secondary N) is 2. The lowest BCUT2D eigenvalue weighted by Crippen LogP contribution is -2.46. The predicted octanol–water partition coefficient (Wildman–Crippen LogP) is 5.41. The van der Waals surface area contributed by atoms with Crippen molar-refractivity contribution in [2.24, 2.45) is 0 Å². The van der Waals surface area contributed by atoms with Crippen LogP contribution < -0.4 is 20.3 Å². The molecule has 0 saturated carbocycles. The van der Waals surface area contributed by atoms with Crippen LogP contribution in [-0.2, 0) is 6.54 Å². The summed E-state index contributed by atoms with van der Waals surface area (Å²) in [4.78, 5) is 4.59. The molecule has 3 heterocycles. The molecule has 0 bridgehead atoms. The summed E-state index contributed by atoms with van der Waals surface area (Å²) in [6.07, 6.45) is 9.32. The van der Waals surface area contributed by atoms with E-state index in [0.29, 0.717) is 17.3 Å².